The molecule has 6 heteroatoms. The fourth-order valence-corrected chi connectivity index (χ4v) is 2.89. The van der Waals surface area contributed by atoms with Crippen LogP contribution in [0.25, 0.3) is 0 Å². The Bertz CT molecular complexity index is 353. The minimum atomic E-state index is -0.740. The molecule has 0 aromatic rings. The molecule has 0 saturated carbocycles. The maximum absolute atomic E-state index is 12.3. The maximum atomic E-state index is 12.3. The van der Waals surface area contributed by atoms with Crippen LogP contribution in [0.1, 0.15) is 26.2 Å². The van der Waals surface area contributed by atoms with Crippen LogP contribution in [0.15, 0.2) is 0 Å². The summed E-state index contributed by atoms with van der Waals surface area (Å²) in [5.74, 6) is -0.913. The van der Waals surface area contributed by atoms with Gasteiger partial charge in [-0.2, -0.15) is 0 Å². The number of amides is 1. The van der Waals surface area contributed by atoms with Crippen LogP contribution in [-0.4, -0.2) is 72.2 Å². The number of piperidine rings is 1. The van der Waals surface area contributed by atoms with Gasteiger partial charge < -0.3 is 14.7 Å². The lowest BCUT2D eigenvalue weighted by molar-refractivity contribution is -0.146. The van der Waals surface area contributed by atoms with Crippen molar-refractivity contribution in [3.05, 3.63) is 0 Å². The van der Waals surface area contributed by atoms with E-state index in [0.29, 0.717) is 32.5 Å². The van der Waals surface area contributed by atoms with E-state index < -0.39 is 5.97 Å². The van der Waals surface area contributed by atoms with Crippen molar-refractivity contribution in [1.29, 1.82) is 0 Å². The van der Waals surface area contributed by atoms with Gasteiger partial charge in [0.15, 0.2) is 0 Å². The molecular formula is C14H24N2O4. The van der Waals surface area contributed by atoms with Gasteiger partial charge in [-0.05, 0) is 26.2 Å². The molecule has 20 heavy (non-hydrogen) atoms. The number of aliphatic carboxylic acids is 1. The number of ether oxygens (including phenoxy) is 1. The third kappa shape index (κ3) is 4.18. The number of carboxylic acids is 1. The van der Waals surface area contributed by atoms with Gasteiger partial charge in [-0.25, -0.2) is 0 Å². The Morgan fingerprint density at radius 1 is 1.25 bits per heavy atom. The van der Waals surface area contributed by atoms with Gasteiger partial charge in [0.1, 0.15) is 0 Å². The Morgan fingerprint density at radius 3 is 2.60 bits per heavy atom. The third-order valence-corrected chi connectivity index (χ3v) is 4.09. The summed E-state index contributed by atoms with van der Waals surface area (Å²) in [6.45, 7) is 6.02. The van der Waals surface area contributed by atoms with Crippen LogP contribution in [0.4, 0.5) is 0 Å². The molecule has 2 fully saturated rings. The normalized spacial score (nSPS) is 26.2. The van der Waals surface area contributed by atoms with Crippen molar-refractivity contribution in [2.45, 2.75) is 32.3 Å². The van der Waals surface area contributed by atoms with E-state index in [9.17, 15) is 9.59 Å². The van der Waals surface area contributed by atoms with Gasteiger partial charge in [-0.3, -0.25) is 14.5 Å². The lowest BCUT2D eigenvalue weighted by Crippen LogP contribution is -2.46. The fraction of sp³-hybridized carbons (Fsp3) is 0.857. The fourth-order valence-electron chi connectivity index (χ4n) is 2.89. The minimum Gasteiger partial charge on any atom is -0.481 e. The van der Waals surface area contributed by atoms with Gasteiger partial charge in [0.25, 0.3) is 0 Å². The SMILES string of the molecule is CC1CN(CC(=O)N2CCC(C(=O)O)CC2)CCCO1. The van der Waals surface area contributed by atoms with Crippen molar-refractivity contribution >= 4 is 11.9 Å². The number of nitrogens with zero attached hydrogens (tertiary/aromatic N) is 2. The van der Waals surface area contributed by atoms with Crippen LogP contribution < -0.4 is 0 Å². The predicted octanol–water partition coefficient (Wildman–Crippen LogP) is 0.420. The van der Waals surface area contributed by atoms with Gasteiger partial charge in [-0.1, -0.05) is 0 Å². The van der Waals surface area contributed by atoms with E-state index in [1.165, 1.54) is 0 Å². The summed E-state index contributed by atoms with van der Waals surface area (Å²) in [6.07, 6.45) is 2.27. The summed E-state index contributed by atoms with van der Waals surface area (Å²) < 4.78 is 5.57. The quantitative estimate of drug-likeness (QED) is 0.813. The molecule has 0 bridgehead atoms. The molecule has 1 atom stereocenters. The molecule has 2 heterocycles. The van der Waals surface area contributed by atoms with Crippen LogP contribution in [0, 0.1) is 5.92 Å². The number of carboxylic acid groups (broad SMARTS) is 1. The summed E-state index contributed by atoms with van der Waals surface area (Å²) in [4.78, 5) is 27.1. The number of hydrogen-bond donors (Lipinski definition) is 1. The van der Waals surface area contributed by atoms with Crippen LogP contribution >= 0.6 is 0 Å². The van der Waals surface area contributed by atoms with E-state index >= 15 is 0 Å². The molecule has 0 aromatic carbocycles. The van der Waals surface area contributed by atoms with Crippen molar-refractivity contribution in [2.24, 2.45) is 5.92 Å². The Morgan fingerprint density at radius 2 is 1.95 bits per heavy atom. The highest BCUT2D eigenvalue weighted by Gasteiger charge is 2.28. The first-order valence-electron chi connectivity index (χ1n) is 7.41. The largest absolute Gasteiger partial charge is 0.481 e. The van der Waals surface area contributed by atoms with Crippen molar-refractivity contribution in [3.8, 4) is 0 Å². The second kappa shape index (κ2) is 7.04. The molecule has 0 aromatic heterocycles. The molecule has 2 aliphatic heterocycles. The smallest absolute Gasteiger partial charge is 0.306 e. The van der Waals surface area contributed by atoms with Gasteiger partial charge in [0, 0.05) is 32.8 Å². The maximum Gasteiger partial charge on any atom is 0.306 e. The highest BCUT2D eigenvalue weighted by atomic mass is 16.5. The van der Waals surface area contributed by atoms with Crippen LogP contribution in [0.3, 0.4) is 0 Å². The van der Waals surface area contributed by atoms with E-state index in [1.54, 1.807) is 4.90 Å². The standard InChI is InChI=1S/C14H24N2O4/c1-11-9-15(5-2-8-20-11)10-13(17)16-6-3-12(4-7-16)14(18)19/h11-12H,2-10H2,1H3,(H,18,19). The molecule has 6 nitrogen and oxygen atoms in total. The number of likely N-dealkylation sites (tertiary alicyclic amines) is 1. The summed E-state index contributed by atoms with van der Waals surface area (Å²) in [6, 6.07) is 0. The van der Waals surface area contributed by atoms with Crippen LogP contribution in [-0.2, 0) is 14.3 Å². The lowest BCUT2D eigenvalue weighted by Gasteiger charge is -2.32. The average Bonchev–Trinajstić information content (AvgIpc) is 2.63. The minimum absolute atomic E-state index is 0.114. The molecule has 2 rings (SSSR count). The molecule has 114 valence electrons. The molecule has 1 N–H and O–H groups in total. The van der Waals surface area contributed by atoms with Gasteiger partial charge >= 0.3 is 5.97 Å². The van der Waals surface area contributed by atoms with E-state index in [4.69, 9.17) is 9.84 Å². The molecule has 2 aliphatic rings. The van der Waals surface area contributed by atoms with Crippen molar-refractivity contribution < 1.29 is 19.4 Å². The van der Waals surface area contributed by atoms with Gasteiger partial charge in [0.05, 0.1) is 18.6 Å². The van der Waals surface area contributed by atoms with Gasteiger partial charge in [-0.15, -0.1) is 0 Å². The van der Waals surface area contributed by atoms with Crippen molar-refractivity contribution in [1.82, 2.24) is 9.80 Å². The second-order valence-electron chi connectivity index (χ2n) is 5.76. The summed E-state index contributed by atoms with van der Waals surface area (Å²) in [5.41, 5.74) is 0. The van der Waals surface area contributed by atoms with Crippen molar-refractivity contribution in [2.75, 3.05) is 39.3 Å². The first-order chi connectivity index (χ1) is 9.56. The second-order valence-corrected chi connectivity index (χ2v) is 5.76. The molecule has 0 spiro atoms. The number of carbonyl (C=O) groups is 2. The number of rotatable bonds is 3. The van der Waals surface area contributed by atoms with Crippen LogP contribution in [0.2, 0.25) is 0 Å². The Kier molecular flexibility index (Phi) is 5.37. The zero-order valence-corrected chi connectivity index (χ0v) is 12.1. The number of carbonyl (C=O) groups excluding carboxylic acids is 1. The molecule has 1 unspecified atom stereocenters. The lowest BCUT2D eigenvalue weighted by atomic mass is 9.97. The Balaban J connectivity index is 1.78. The van der Waals surface area contributed by atoms with E-state index in [0.717, 1.165) is 26.1 Å². The first-order valence-corrected chi connectivity index (χ1v) is 7.41. The topological polar surface area (TPSA) is 70.1 Å². The predicted molar refractivity (Wildman–Crippen MR) is 73.4 cm³/mol. The third-order valence-electron chi connectivity index (χ3n) is 4.09. The number of hydrogen-bond acceptors (Lipinski definition) is 4. The zero-order chi connectivity index (χ0) is 14.5. The van der Waals surface area contributed by atoms with Crippen molar-refractivity contribution in [3.63, 3.8) is 0 Å². The summed E-state index contributed by atoms with van der Waals surface area (Å²) in [5, 5.41) is 8.96. The monoisotopic (exact) mass is 284 g/mol. The Hall–Kier alpha value is -1.14. The van der Waals surface area contributed by atoms with Gasteiger partial charge in [0.2, 0.25) is 5.91 Å². The first kappa shape index (κ1) is 15.3. The molecule has 2 saturated heterocycles. The summed E-state index contributed by atoms with van der Waals surface area (Å²) >= 11 is 0. The molecule has 0 radical (unpaired) electrons. The van der Waals surface area contributed by atoms with E-state index in [-0.39, 0.29) is 17.9 Å². The summed E-state index contributed by atoms with van der Waals surface area (Å²) in [7, 11) is 0. The molecule has 1 amide bonds. The van der Waals surface area contributed by atoms with E-state index in [2.05, 4.69) is 4.90 Å². The zero-order valence-electron chi connectivity index (χ0n) is 12.1. The highest BCUT2D eigenvalue weighted by Crippen LogP contribution is 2.17. The van der Waals surface area contributed by atoms with E-state index in [1.807, 2.05) is 6.92 Å². The molecule has 0 aliphatic carbocycles. The Labute approximate surface area is 119 Å². The molecular weight excluding hydrogens is 260 g/mol. The average molecular weight is 284 g/mol. The van der Waals surface area contributed by atoms with Crippen LogP contribution in [0.5, 0.6) is 0 Å². The highest BCUT2D eigenvalue weighted by molar-refractivity contribution is 5.79.